The summed E-state index contributed by atoms with van der Waals surface area (Å²) in [6.45, 7) is 1.95. The summed E-state index contributed by atoms with van der Waals surface area (Å²) < 4.78 is 0. The largest absolute Gasteiger partial charge is 0.305 e. The lowest BCUT2D eigenvalue weighted by atomic mass is 10.0. The van der Waals surface area contributed by atoms with E-state index in [0.717, 1.165) is 32.8 Å². The molecule has 0 atom stereocenters. The van der Waals surface area contributed by atoms with Gasteiger partial charge in [-0.3, -0.25) is 9.89 Å². The molecule has 0 saturated heterocycles. The van der Waals surface area contributed by atoms with Gasteiger partial charge >= 0.3 is 0 Å². The van der Waals surface area contributed by atoms with E-state index in [2.05, 4.69) is 21.2 Å². The zero-order chi connectivity index (χ0) is 13.0. The molecule has 4 rings (SSSR count). The Morgan fingerprint density at radius 3 is 2.89 bits per heavy atom. The van der Waals surface area contributed by atoms with E-state index in [0.29, 0.717) is 5.39 Å². The van der Waals surface area contributed by atoms with Gasteiger partial charge < -0.3 is 5.10 Å². The molecule has 0 spiro atoms. The number of hydrogen-bond acceptors (Lipinski definition) is 2. The number of rotatable bonds is 0. The third kappa shape index (κ3) is 1.28. The van der Waals surface area contributed by atoms with Gasteiger partial charge in [0.1, 0.15) is 0 Å². The van der Waals surface area contributed by atoms with E-state index in [1.807, 2.05) is 37.4 Å². The van der Waals surface area contributed by atoms with Crippen LogP contribution in [0.15, 0.2) is 41.3 Å². The highest BCUT2D eigenvalue weighted by Crippen LogP contribution is 2.30. The van der Waals surface area contributed by atoms with E-state index < -0.39 is 0 Å². The third-order valence-electron chi connectivity index (χ3n) is 3.64. The van der Waals surface area contributed by atoms with Gasteiger partial charge in [-0.05, 0) is 24.6 Å². The van der Waals surface area contributed by atoms with Gasteiger partial charge in [-0.2, -0.15) is 0 Å². The summed E-state index contributed by atoms with van der Waals surface area (Å²) in [6, 6.07) is 10.1. The molecule has 2 heterocycles. The van der Waals surface area contributed by atoms with Crippen molar-refractivity contribution in [2.45, 2.75) is 6.92 Å². The van der Waals surface area contributed by atoms with Gasteiger partial charge in [0.15, 0.2) is 0 Å². The maximum atomic E-state index is 11.9. The zero-order valence-corrected chi connectivity index (χ0v) is 10.3. The fourth-order valence-corrected chi connectivity index (χ4v) is 2.76. The Kier molecular flexibility index (Phi) is 1.87. The number of fused-ring (bicyclic) bond motifs is 4. The molecule has 2 aromatic heterocycles. The van der Waals surface area contributed by atoms with Crippen molar-refractivity contribution in [1.82, 2.24) is 15.2 Å². The Hall–Kier alpha value is -2.62. The summed E-state index contributed by atoms with van der Waals surface area (Å²) in [7, 11) is 0. The molecule has 0 aliphatic heterocycles. The van der Waals surface area contributed by atoms with Crippen LogP contribution in [-0.4, -0.2) is 15.2 Å². The number of aryl methyl sites for hydroxylation is 1. The Bertz CT molecular complexity index is 995. The van der Waals surface area contributed by atoms with Crippen molar-refractivity contribution >= 4 is 32.6 Å². The van der Waals surface area contributed by atoms with Gasteiger partial charge in [-0.1, -0.05) is 18.2 Å². The van der Waals surface area contributed by atoms with E-state index in [9.17, 15) is 4.79 Å². The van der Waals surface area contributed by atoms with Gasteiger partial charge in [0.25, 0.3) is 5.56 Å². The first-order valence-corrected chi connectivity index (χ1v) is 6.13. The molecule has 0 bridgehead atoms. The maximum Gasteiger partial charge on any atom is 0.270 e. The highest BCUT2D eigenvalue weighted by atomic mass is 16.1. The number of nitrogens with one attached hydrogen (secondary N) is 2. The standard InChI is InChI=1S/C15H11N3O/c1-8-13-9(7-16-18-15(13)19)6-11-10-4-2-3-5-12(10)17-14(8)11/h2-7,16H,1H3,(H,18,19). The molecule has 4 nitrogen and oxygen atoms in total. The van der Waals surface area contributed by atoms with Crippen LogP contribution in [-0.2, 0) is 0 Å². The first kappa shape index (κ1) is 10.3. The molecule has 0 radical (unpaired) electrons. The smallest absolute Gasteiger partial charge is 0.270 e. The van der Waals surface area contributed by atoms with Crippen LogP contribution < -0.4 is 5.56 Å². The molecule has 4 aromatic rings. The predicted octanol–water partition coefficient (Wildman–Crippen LogP) is 2.87. The minimum atomic E-state index is -0.107. The van der Waals surface area contributed by atoms with Crippen molar-refractivity contribution in [2.75, 3.05) is 0 Å². The summed E-state index contributed by atoms with van der Waals surface area (Å²) in [5, 5.41) is 9.22. The molecule has 0 amide bonds. The second kappa shape index (κ2) is 3.45. The van der Waals surface area contributed by atoms with Crippen LogP contribution in [0.2, 0.25) is 0 Å². The Labute approximate surface area is 108 Å². The Balaban J connectivity index is 2.37. The van der Waals surface area contributed by atoms with Crippen LogP contribution in [0.3, 0.4) is 0 Å². The molecular formula is C15H11N3O. The fourth-order valence-electron chi connectivity index (χ4n) is 2.76. The number of H-pyrrole nitrogens is 2. The predicted molar refractivity (Wildman–Crippen MR) is 76.5 cm³/mol. The van der Waals surface area contributed by atoms with Crippen molar-refractivity contribution < 1.29 is 0 Å². The number of para-hydroxylation sites is 1. The minimum absolute atomic E-state index is 0.107. The van der Waals surface area contributed by atoms with Crippen molar-refractivity contribution in [1.29, 1.82) is 0 Å². The molecule has 4 heteroatoms. The van der Waals surface area contributed by atoms with Crippen molar-refractivity contribution in [3.63, 3.8) is 0 Å². The number of aromatic nitrogens is 3. The molecule has 2 aromatic carbocycles. The first-order chi connectivity index (χ1) is 9.25. The SMILES string of the molecule is Cc1c2nc3ccccc3c2cc2c[nH][nH]c(=O)c12. The van der Waals surface area contributed by atoms with E-state index in [4.69, 9.17) is 0 Å². The van der Waals surface area contributed by atoms with Gasteiger partial charge in [-0.25, -0.2) is 4.98 Å². The van der Waals surface area contributed by atoms with Crippen molar-refractivity contribution in [3.05, 3.63) is 52.4 Å². The Morgan fingerprint density at radius 1 is 1.16 bits per heavy atom. The lowest BCUT2D eigenvalue weighted by molar-refractivity contribution is 1.01. The van der Waals surface area contributed by atoms with E-state index in [-0.39, 0.29) is 5.56 Å². The zero-order valence-electron chi connectivity index (χ0n) is 10.3. The first-order valence-electron chi connectivity index (χ1n) is 6.13. The highest BCUT2D eigenvalue weighted by molar-refractivity contribution is 6.13. The number of benzene rings is 2. The molecule has 92 valence electrons. The molecule has 0 unspecified atom stereocenters. The molecule has 0 fully saturated rings. The average molecular weight is 249 g/mol. The second-order valence-corrected chi connectivity index (χ2v) is 4.73. The highest BCUT2D eigenvalue weighted by Gasteiger charge is 2.12. The van der Waals surface area contributed by atoms with Gasteiger partial charge in [0, 0.05) is 22.4 Å². The van der Waals surface area contributed by atoms with Crippen LogP contribution >= 0.6 is 0 Å². The molecule has 0 saturated carbocycles. The normalized spacial score (nSPS) is 11.6. The van der Waals surface area contributed by atoms with Crippen LogP contribution in [0, 0.1) is 6.92 Å². The summed E-state index contributed by atoms with van der Waals surface area (Å²) in [4.78, 5) is 16.6. The third-order valence-corrected chi connectivity index (χ3v) is 3.64. The van der Waals surface area contributed by atoms with Gasteiger partial charge in [0.05, 0.1) is 16.4 Å². The Morgan fingerprint density at radius 2 is 2.00 bits per heavy atom. The fraction of sp³-hybridized carbons (Fsp3) is 0.0667. The number of hydrogen-bond donors (Lipinski definition) is 2. The molecule has 0 aliphatic carbocycles. The summed E-state index contributed by atoms with van der Waals surface area (Å²) in [5.74, 6) is 0. The van der Waals surface area contributed by atoms with E-state index >= 15 is 0 Å². The molecule has 19 heavy (non-hydrogen) atoms. The minimum Gasteiger partial charge on any atom is -0.305 e. The number of aromatic amines is 2. The van der Waals surface area contributed by atoms with E-state index in [1.54, 1.807) is 0 Å². The lowest BCUT2D eigenvalue weighted by Crippen LogP contribution is -2.08. The van der Waals surface area contributed by atoms with Gasteiger partial charge in [-0.15, -0.1) is 0 Å². The summed E-state index contributed by atoms with van der Waals surface area (Å²) >= 11 is 0. The van der Waals surface area contributed by atoms with Crippen molar-refractivity contribution in [2.24, 2.45) is 0 Å². The molecular weight excluding hydrogens is 238 g/mol. The number of nitrogens with zero attached hydrogens (tertiary/aromatic N) is 1. The van der Waals surface area contributed by atoms with Crippen LogP contribution in [0.1, 0.15) is 5.56 Å². The second-order valence-electron chi connectivity index (χ2n) is 4.73. The summed E-state index contributed by atoms with van der Waals surface area (Å²) in [6.07, 6.45) is 1.81. The monoisotopic (exact) mass is 249 g/mol. The quantitative estimate of drug-likeness (QED) is 0.503. The van der Waals surface area contributed by atoms with E-state index in [1.165, 1.54) is 0 Å². The van der Waals surface area contributed by atoms with Crippen LogP contribution in [0.5, 0.6) is 0 Å². The summed E-state index contributed by atoms with van der Waals surface area (Å²) in [5.41, 5.74) is 2.70. The maximum absolute atomic E-state index is 11.9. The topological polar surface area (TPSA) is 61.5 Å². The van der Waals surface area contributed by atoms with Crippen LogP contribution in [0.4, 0.5) is 0 Å². The lowest BCUT2D eigenvalue weighted by Gasteiger charge is -2.02. The van der Waals surface area contributed by atoms with Gasteiger partial charge in [0.2, 0.25) is 0 Å². The molecule has 0 aliphatic rings. The molecule has 2 N–H and O–H groups in total. The van der Waals surface area contributed by atoms with Crippen molar-refractivity contribution in [3.8, 4) is 0 Å². The van der Waals surface area contributed by atoms with Crippen LogP contribution in [0.25, 0.3) is 32.6 Å². The average Bonchev–Trinajstić information content (AvgIpc) is 2.78.